The third-order valence-corrected chi connectivity index (χ3v) is 3.63. The SMILES string of the molecule is Cc1ccc2cccc(NC(=O)[C@H](C)Oc3ccccc3F)c2n1. The maximum absolute atomic E-state index is 13.6. The highest BCUT2D eigenvalue weighted by Gasteiger charge is 2.17. The van der Waals surface area contributed by atoms with E-state index in [9.17, 15) is 9.18 Å². The van der Waals surface area contributed by atoms with E-state index >= 15 is 0 Å². The van der Waals surface area contributed by atoms with Crippen LogP contribution in [0.5, 0.6) is 5.75 Å². The summed E-state index contributed by atoms with van der Waals surface area (Å²) >= 11 is 0. The van der Waals surface area contributed by atoms with Crippen LogP contribution in [0.1, 0.15) is 12.6 Å². The molecule has 1 aromatic heterocycles. The first-order valence-electron chi connectivity index (χ1n) is 7.63. The van der Waals surface area contributed by atoms with Crippen molar-refractivity contribution >= 4 is 22.5 Å². The number of carbonyl (C=O) groups excluding carboxylic acids is 1. The first-order chi connectivity index (χ1) is 11.5. The zero-order valence-electron chi connectivity index (χ0n) is 13.4. The summed E-state index contributed by atoms with van der Waals surface area (Å²) in [5.41, 5.74) is 2.17. The lowest BCUT2D eigenvalue weighted by atomic mass is 10.1. The second-order valence-corrected chi connectivity index (χ2v) is 5.51. The van der Waals surface area contributed by atoms with Crippen molar-refractivity contribution < 1.29 is 13.9 Å². The number of anilines is 1. The third-order valence-electron chi connectivity index (χ3n) is 3.63. The van der Waals surface area contributed by atoms with Crippen molar-refractivity contribution in [2.24, 2.45) is 0 Å². The van der Waals surface area contributed by atoms with Crippen LogP contribution in [0.2, 0.25) is 0 Å². The highest BCUT2D eigenvalue weighted by Crippen LogP contribution is 2.23. The van der Waals surface area contributed by atoms with Crippen molar-refractivity contribution in [1.29, 1.82) is 0 Å². The van der Waals surface area contributed by atoms with Gasteiger partial charge in [-0.2, -0.15) is 0 Å². The van der Waals surface area contributed by atoms with E-state index < -0.39 is 11.9 Å². The van der Waals surface area contributed by atoms with Crippen LogP contribution in [-0.2, 0) is 4.79 Å². The van der Waals surface area contributed by atoms with Gasteiger partial charge in [0, 0.05) is 11.1 Å². The minimum Gasteiger partial charge on any atom is -0.478 e. The van der Waals surface area contributed by atoms with Crippen molar-refractivity contribution in [3.05, 3.63) is 66.1 Å². The van der Waals surface area contributed by atoms with Crippen LogP contribution in [0.4, 0.5) is 10.1 Å². The molecule has 3 aromatic rings. The number of hydrogen-bond donors (Lipinski definition) is 1. The Kier molecular flexibility index (Phi) is 4.42. The normalized spacial score (nSPS) is 12.0. The van der Waals surface area contributed by atoms with E-state index in [0.29, 0.717) is 11.2 Å². The molecule has 1 N–H and O–H groups in total. The van der Waals surface area contributed by atoms with Gasteiger partial charge in [0.15, 0.2) is 17.7 Å². The van der Waals surface area contributed by atoms with Crippen LogP contribution in [-0.4, -0.2) is 17.0 Å². The molecule has 0 saturated heterocycles. The Bertz CT molecular complexity index is 895. The Morgan fingerprint density at radius 3 is 2.71 bits per heavy atom. The monoisotopic (exact) mass is 324 g/mol. The molecule has 0 bridgehead atoms. The van der Waals surface area contributed by atoms with Gasteiger partial charge in [0.1, 0.15) is 0 Å². The number of fused-ring (bicyclic) bond motifs is 1. The van der Waals surface area contributed by atoms with Gasteiger partial charge < -0.3 is 10.1 Å². The molecule has 1 amide bonds. The van der Waals surface area contributed by atoms with Gasteiger partial charge in [-0.25, -0.2) is 4.39 Å². The highest BCUT2D eigenvalue weighted by molar-refractivity contribution is 6.01. The van der Waals surface area contributed by atoms with Gasteiger partial charge in [0.05, 0.1) is 11.2 Å². The van der Waals surface area contributed by atoms with Crippen LogP contribution in [0, 0.1) is 12.7 Å². The highest BCUT2D eigenvalue weighted by atomic mass is 19.1. The summed E-state index contributed by atoms with van der Waals surface area (Å²) in [4.78, 5) is 16.8. The van der Waals surface area contributed by atoms with E-state index in [1.807, 2.05) is 31.2 Å². The maximum Gasteiger partial charge on any atom is 0.265 e. The Balaban J connectivity index is 1.80. The Morgan fingerprint density at radius 2 is 1.92 bits per heavy atom. The van der Waals surface area contributed by atoms with Crippen LogP contribution >= 0.6 is 0 Å². The number of nitrogens with zero attached hydrogens (tertiary/aromatic N) is 1. The zero-order valence-corrected chi connectivity index (χ0v) is 13.4. The quantitative estimate of drug-likeness (QED) is 0.786. The number of ether oxygens (including phenoxy) is 1. The molecule has 122 valence electrons. The van der Waals surface area contributed by atoms with Gasteiger partial charge in [-0.1, -0.05) is 30.3 Å². The largest absolute Gasteiger partial charge is 0.478 e. The first kappa shape index (κ1) is 15.9. The van der Waals surface area contributed by atoms with E-state index in [1.54, 1.807) is 25.1 Å². The summed E-state index contributed by atoms with van der Waals surface area (Å²) in [6, 6.07) is 15.4. The third kappa shape index (κ3) is 3.35. The number of rotatable bonds is 4. The van der Waals surface area contributed by atoms with Crippen LogP contribution < -0.4 is 10.1 Å². The molecule has 5 heteroatoms. The molecule has 1 atom stereocenters. The number of benzene rings is 2. The average molecular weight is 324 g/mol. The summed E-state index contributed by atoms with van der Waals surface area (Å²) in [6.07, 6.45) is -0.845. The molecule has 0 fully saturated rings. The number of pyridine rings is 1. The van der Waals surface area contributed by atoms with E-state index in [4.69, 9.17) is 4.74 Å². The molecule has 24 heavy (non-hydrogen) atoms. The minimum atomic E-state index is -0.845. The molecule has 0 aliphatic rings. The standard InChI is InChI=1S/C19H17FN2O2/c1-12-10-11-14-6-5-8-16(18(14)21-12)22-19(23)13(2)24-17-9-4-3-7-15(17)20/h3-11,13H,1-2H3,(H,22,23)/t13-/m0/s1. The van der Waals surface area contributed by atoms with Gasteiger partial charge in [0.25, 0.3) is 5.91 Å². The van der Waals surface area contributed by atoms with Crippen molar-refractivity contribution in [3.8, 4) is 5.75 Å². The van der Waals surface area contributed by atoms with Gasteiger partial charge in [-0.15, -0.1) is 0 Å². The molecule has 0 aliphatic carbocycles. The zero-order chi connectivity index (χ0) is 17.1. The van der Waals surface area contributed by atoms with Gasteiger partial charge in [-0.3, -0.25) is 9.78 Å². The van der Waals surface area contributed by atoms with E-state index in [1.165, 1.54) is 12.1 Å². The molecule has 3 rings (SSSR count). The van der Waals surface area contributed by atoms with Crippen molar-refractivity contribution in [2.45, 2.75) is 20.0 Å². The van der Waals surface area contributed by atoms with E-state index in [2.05, 4.69) is 10.3 Å². The second-order valence-electron chi connectivity index (χ2n) is 5.51. The van der Waals surface area contributed by atoms with Crippen LogP contribution in [0.25, 0.3) is 10.9 Å². The predicted octanol–water partition coefficient (Wildman–Crippen LogP) is 4.09. The first-order valence-corrected chi connectivity index (χ1v) is 7.63. The number of halogens is 1. The molecule has 2 aromatic carbocycles. The lowest BCUT2D eigenvalue weighted by molar-refractivity contribution is -0.122. The second kappa shape index (κ2) is 6.66. The van der Waals surface area contributed by atoms with Gasteiger partial charge in [0.2, 0.25) is 0 Å². The van der Waals surface area contributed by atoms with Crippen molar-refractivity contribution in [2.75, 3.05) is 5.32 Å². The van der Waals surface area contributed by atoms with Crippen LogP contribution in [0.3, 0.4) is 0 Å². The molecular formula is C19H17FN2O2. The maximum atomic E-state index is 13.6. The number of aryl methyl sites for hydroxylation is 1. The number of hydrogen-bond acceptors (Lipinski definition) is 3. The summed E-state index contributed by atoms with van der Waals surface area (Å²) in [5.74, 6) is -0.819. The topological polar surface area (TPSA) is 51.2 Å². The summed E-state index contributed by atoms with van der Waals surface area (Å²) < 4.78 is 19.0. The van der Waals surface area contributed by atoms with E-state index in [0.717, 1.165) is 11.1 Å². The summed E-state index contributed by atoms with van der Waals surface area (Å²) in [6.45, 7) is 3.47. The van der Waals surface area contributed by atoms with Crippen molar-refractivity contribution in [3.63, 3.8) is 0 Å². The van der Waals surface area contributed by atoms with Crippen LogP contribution in [0.15, 0.2) is 54.6 Å². The predicted molar refractivity (Wildman–Crippen MR) is 91.6 cm³/mol. The number of nitrogens with one attached hydrogen (secondary N) is 1. The number of amides is 1. The molecule has 0 unspecified atom stereocenters. The van der Waals surface area contributed by atoms with Gasteiger partial charge in [-0.05, 0) is 38.1 Å². The lowest BCUT2D eigenvalue weighted by Crippen LogP contribution is -2.30. The average Bonchev–Trinajstić information content (AvgIpc) is 2.57. The lowest BCUT2D eigenvalue weighted by Gasteiger charge is -2.16. The molecule has 0 aliphatic heterocycles. The Morgan fingerprint density at radius 1 is 1.12 bits per heavy atom. The molecule has 0 radical (unpaired) electrons. The number of carbonyl (C=O) groups is 1. The Labute approximate surface area is 139 Å². The van der Waals surface area contributed by atoms with Crippen molar-refractivity contribution in [1.82, 2.24) is 4.98 Å². The van der Waals surface area contributed by atoms with Gasteiger partial charge >= 0.3 is 0 Å². The summed E-state index contributed by atoms with van der Waals surface area (Å²) in [7, 11) is 0. The fraction of sp³-hybridized carbons (Fsp3) is 0.158. The molecule has 4 nitrogen and oxygen atoms in total. The smallest absolute Gasteiger partial charge is 0.265 e. The molecular weight excluding hydrogens is 307 g/mol. The minimum absolute atomic E-state index is 0.0482. The fourth-order valence-corrected chi connectivity index (χ4v) is 2.36. The number of aromatic nitrogens is 1. The molecule has 0 saturated carbocycles. The summed E-state index contributed by atoms with van der Waals surface area (Å²) in [5, 5.41) is 3.73. The molecule has 1 heterocycles. The Hall–Kier alpha value is -2.95. The fourth-order valence-electron chi connectivity index (χ4n) is 2.36. The number of para-hydroxylation sites is 2. The molecule has 0 spiro atoms. The van der Waals surface area contributed by atoms with E-state index in [-0.39, 0.29) is 11.7 Å².